The number of guanidine groups is 1. The van der Waals surface area contributed by atoms with Crippen LogP contribution in [0.2, 0.25) is 0 Å². The third-order valence-corrected chi connectivity index (χ3v) is 1.20. The minimum atomic E-state index is 0.397. The summed E-state index contributed by atoms with van der Waals surface area (Å²) in [7, 11) is 6.72. The molecule has 0 saturated heterocycles. The number of quaternary nitrogens is 1. The van der Waals surface area contributed by atoms with E-state index in [1.165, 1.54) is 0 Å². The fraction of sp³-hybridized carbons (Fsp3) is 0.750. The minimum Gasteiger partial charge on any atom is -0.387 e. The molecule has 0 radical (unpaired) electrons. The SMILES string of the molecule is C[N+](C)(C)NC(=N)N[SiH3]. The summed E-state index contributed by atoms with van der Waals surface area (Å²) in [5.74, 6) is 0.397. The van der Waals surface area contributed by atoms with Crippen LogP contribution in [-0.4, -0.2) is 42.1 Å². The highest BCUT2D eigenvalue weighted by Crippen LogP contribution is 1.78. The lowest BCUT2D eigenvalue weighted by molar-refractivity contribution is -0.905. The van der Waals surface area contributed by atoms with Crippen molar-refractivity contribution in [2.24, 2.45) is 0 Å². The van der Waals surface area contributed by atoms with Gasteiger partial charge in [0.15, 0.2) is 0 Å². The average Bonchev–Trinajstić information content (AvgIpc) is 1.62. The molecule has 54 valence electrons. The van der Waals surface area contributed by atoms with Gasteiger partial charge < -0.3 is 4.98 Å². The summed E-state index contributed by atoms with van der Waals surface area (Å²) in [4.78, 5) is 2.82. The van der Waals surface area contributed by atoms with E-state index in [-0.39, 0.29) is 0 Å². The van der Waals surface area contributed by atoms with Gasteiger partial charge in [0.05, 0.1) is 21.1 Å². The molecule has 0 aliphatic heterocycles. The standard InChI is InChI=1S/C4H15N4Si/c1-8(2,3)6-4(5)7-9/h1-3,9H3,(H3,5,6,7)/q+1. The van der Waals surface area contributed by atoms with Crippen molar-refractivity contribution in [3.8, 4) is 0 Å². The Hall–Kier alpha value is -0.553. The molecule has 9 heavy (non-hydrogen) atoms. The van der Waals surface area contributed by atoms with Gasteiger partial charge in [0.1, 0.15) is 10.4 Å². The number of nitrogens with one attached hydrogen (secondary N) is 3. The van der Waals surface area contributed by atoms with Crippen molar-refractivity contribution in [2.45, 2.75) is 0 Å². The number of hydrogen-bond donors (Lipinski definition) is 3. The van der Waals surface area contributed by atoms with E-state index in [4.69, 9.17) is 5.41 Å². The molecular weight excluding hydrogens is 132 g/mol. The summed E-state index contributed by atoms with van der Waals surface area (Å²) in [6.07, 6.45) is 0. The number of hydrogen-bond acceptors (Lipinski definition) is 1. The van der Waals surface area contributed by atoms with Gasteiger partial charge in [-0.3, -0.25) is 5.41 Å². The van der Waals surface area contributed by atoms with E-state index in [1.807, 2.05) is 21.1 Å². The van der Waals surface area contributed by atoms with Gasteiger partial charge in [-0.05, 0) is 0 Å². The highest BCUT2D eigenvalue weighted by atomic mass is 28.2. The van der Waals surface area contributed by atoms with Crippen LogP contribution in [0.1, 0.15) is 0 Å². The Labute approximate surface area is 58.8 Å². The lowest BCUT2D eigenvalue weighted by Gasteiger charge is -2.24. The van der Waals surface area contributed by atoms with E-state index in [2.05, 4.69) is 10.4 Å². The van der Waals surface area contributed by atoms with Crippen molar-refractivity contribution >= 4 is 16.4 Å². The zero-order chi connectivity index (χ0) is 7.49. The Balaban J connectivity index is 3.60. The second-order valence-corrected chi connectivity index (χ2v) is 3.25. The molecule has 0 atom stereocenters. The highest BCUT2D eigenvalue weighted by Gasteiger charge is 2.06. The first-order valence-electron chi connectivity index (χ1n) is 2.82. The van der Waals surface area contributed by atoms with Crippen molar-refractivity contribution in [3.05, 3.63) is 0 Å². The second-order valence-electron chi connectivity index (χ2n) is 2.75. The summed E-state index contributed by atoms with van der Waals surface area (Å²) in [5.41, 5.74) is 2.91. The molecule has 0 heterocycles. The predicted molar refractivity (Wildman–Crippen MR) is 42.0 cm³/mol. The Morgan fingerprint density at radius 3 is 2.00 bits per heavy atom. The maximum absolute atomic E-state index is 7.19. The molecule has 0 aromatic rings. The molecule has 0 aromatic carbocycles. The first-order valence-corrected chi connectivity index (χ1v) is 3.82. The zero-order valence-electron chi connectivity index (χ0n) is 6.45. The van der Waals surface area contributed by atoms with Crippen LogP contribution in [0, 0.1) is 5.41 Å². The number of nitrogens with zero attached hydrogens (tertiary/aromatic N) is 1. The van der Waals surface area contributed by atoms with E-state index in [0.29, 0.717) is 10.6 Å². The van der Waals surface area contributed by atoms with Gasteiger partial charge in [0.25, 0.3) is 0 Å². The van der Waals surface area contributed by atoms with Crippen LogP contribution < -0.4 is 10.4 Å². The molecule has 0 aliphatic carbocycles. The van der Waals surface area contributed by atoms with E-state index < -0.39 is 0 Å². The highest BCUT2D eigenvalue weighted by molar-refractivity contribution is 6.14. The van der Waals surface area contributed by atoms with E-state index in [1.54, 1.807) is 0 Å². The van der Waals surface area contributed by atoms with Gasteiger partial charge in [-0.2, -0.15) is 0 Å². The van der Waals surface area contributed by atoms with Crippen LogP contribution in [0.15, 0.2) is 0 Å². The molecule has 3 N–H and O–H groups in total. The maximum atomic E-state index is 7.19. The molecule has 0 amide bonds. The van der Waals surface area contributed by atoms with E-state index in [0.717, 1.165) is 10.4 Å². The molecule has 0 saturated carbocycles. The fourth-order valence-electron chi connectivity index (χ4n) is 0.391. The molecule has 0 rings (SSSR count). The van der Waals surface area contributed by atoms with Crippen molar-refractivity contribution in [3.63, 3.8) is 0 Å². The van der Waals surface area contributed by atoms with Crippen molar-refractivity contribution in [2.75, 3.05) is 21.1 Å². The first kappa shape index (κ1) is 8.45. The van der Waals surface area contributed by atoms with Gasteiger partial charge in [-0.15, -0.1) is 0 Å². The monoisotopic (exact) mass is 147 g/mol. The lowest BCUT2D eigenvalue weighted by Crippen LogP contribution is -2.54. The minimum absolute atomic E-state index is 0.397. The largest absolute Gasteiger partial charge is 0.387 e. The Bertz CT molecular complexity index is 106. The normalized spacial score (nSPS) is 11.0. The van der Waals surface area contributed by atoms with Crippen molar-refractivity contribution in [1.82, 2.24) is 10.4 Å². The van der Waals surface area contributed by atoms with Crippen LogP contribution in [0.4, 0.5) is 0 Å². The second kappa shape index (κ2) is 2.84. The van der Waals surface area contributed by atoms with Gasteiger partial charge in [-0.1, -0.05) is 0 Å². The third-order valence-electron chi connectivity index (χ3n) is 0.697. The van der Waals surface area contributed by atoms with E-state index >= 15 is 0 Å². The quantitative estimate of drug-likeness (QED) is 0.132. The van der Waals surface area contributed by atoms with Gasteiger partial charge in [-0.25, -0.2) is 10.0 Å². The summed E-state index contributed by atoms with van der Waals surface area (Å²) < 4.78 is 0.577. The number of rotatable bonds is 1. The summed E-state index contributed by atoms with van der Waals surface area (Å²) >= 11 is 0. The average molecular weight is 147 g/mol. The Kier molecular flexibility index (Phi) is 2.66. The molecular formula is C4H15N4Si+. The van der Waals surface area contributed by atoms with Gasteiger partial charge in [0.2, 0.25) is 5.96 Å². The molecule has 0 aromatic heterocycles. The van der Waals surface area contributed by atoms with Gasteiger partial charge in [0, 0.05) is 0 Å². The van der Waals surface area contributed by atoms with Crippen molar-refractivity contribution < 1.29 is 4.59 Å². The molecule has 5 heteroatoms. The smallest absolute Gasteiger partial charge is 0.226 e. The molecule has 0 unspecified atom stereocenters. The van der Waals surface area contributed by atoms with Crippen LogP contribution >= 0.6 is 0 Å². The van der Waals surface area contributed by atoms with E-state index in [9.17, 15) is 0 Å². The molecule has 4 nitrogen and oxygen atoms in total. The molecule has 0 spiro atoms. The van der Waals surface area contributed by atoms with Crippen LogP contribution in [0.25, 0.3) is 0 Å². The van der Waals surface area contributed by atoms with Crippen LogP contribution in [0.5, 0.6) is 0 Å². The van der Waals surface area contributed by atoms with Gasteiger partial charge >= 0.3 is 0 Å². The fourth-order valence-corrected chi connectivity index (χ4v) is 0.503. The topological polar surface area (TPSA) is 47.9 Å². The molecule has 0 aliphatic rings. The summed E-state index contributed by atoms with van der Waals surface area (Å²) in [5, 5.41) is 7.19. The van der Waals surface area contributed by atoms with Crippen LogP contribution in [0.3, 0.4) is 0 Å². The van der Waals surface area contributed by atoms with Crippen molar-refractivity contribution in [1.29, 1.82) is 5.41 Å². The zero-order valence-corrected chi connectivity index (χ0v) is 8.45. The van der Waals surface area contributed by atoms with Crippen LogP contribution in [-0.2, 0) is 0 Å². The third kappa shape index (κ3) is 5.32. The summed E-state index contributed by atoms with van der Waals surface area (Å²) in [6.45, 7) is 0. The predicted octanol–water partition coefficient (Wildman–Crippen LogP) is -2.00. The Morgan fingerprint density at radius 2 is 1.89 bits per heavy atom. The molecule has 0 fully saturated rings. The lowest BCUT2D eigenvalue weighted by atomic mass is 10.8. The first-order chi connectivity index (χ1) is 3.95. The molecule has 0 bridgehead atoms. The summed E-state index contributed by atoms with van der Waals surface area (Å²) in [6, 6.07) is 0. The Morgan fingerprint density at radius 1 is 1.44 bits per heavy atom. The maximum Gasteiger partial charge on any atom is 0.226 e.